The summed E-state index contributed by atoms with van der Waals surface area (Å²) in [6, 6.07) is 15.8. The Labute approximate surface area is 171 Å². The number of carbonyl (C=O) groups excluding carboxylic acids is 2. The lowest BCUT2D eigenvalue weighted by Gasteiger charge is -2.15. The number of fused-ring (bicyclic) bond motifs is 1. The van der Waals surface area contributed by atoms with Crippen LogP contribution in [0.5, 0.6) is 0 Å². The molecule has 0 saturated carbocycles. The number of anilines is 2. The molecule has 0 spiro atoms. The van der Waals surface area contributed by atoms with Crippen molar-refractivity contribution in [3.8, 4) is 5.69 Å². The van der Waals surface area contributed by atoms with Crippen LogP contribution in [0.25, 0.3) is 5.69 Å². The van der Waals surface area contributed by atoms with Crippen molar-refractivity contribution in [2.75, 3.05) is 16.8 Å². The summed E-state index contributed by atoms with van der Waals surface area (Å²) in [4.78, 5) is 26.5. The van der Waals surface area contributed by atoms with Gasteiger partial charge in [-0.05, 0) is 68.7 Å². The van der Waals surface area contributed by atoms with E-state index in [1.807, 2.05) is 50.2 Å². The van der Waals surface area contributed by atoms with Crippen LogP contribution in [0.2, 0.25) is 0 Å². The van der Waals surface area contributed by atoms with E-state index in [0.29, 0.717) is 12.1 Å². The summed E-state index contributed by atoms with van der Waals surface area (Å²) >= 11 is 0. The molecule has 1 aliphatic heterocycles. The zero-order chi connectivity index (χ0) is 20.7. The minimum Gasteiger partial charge on any atom is -0.322 e. The number of carbonyl (C=O) groups is 2. The molecule has 5 nitrogen and oxygen atoms in total. The maximum atomic E-state index is 13.0. The molecule has 3 aromatic rings. The number of rotatable bonds is 3. The molecule has 2 amide bonds. The molecule has 2 heterocycles. The highest BCUT2D eigenvalue weighted by Crippen LogP contribution is 2.31. The first kappa shape index (κ1) is 19.0. The molecule has 148 valence electrons. The maximum Gasteiger partial charge on any atom is 0.257 e. The van der Waals surface area contributed by atoms with E-state index < -0.39 is 0 Å². The molecule has 29 heavy (non-hydrogen) atoms. The third-order valence-corrected chi connectivity index (χ3v) is 5.65. The Hall–Kier alpha value is -3.34. The number of nitrogens with one attached hydrogen (secondary N) is 1. The van der Waals surface area contributed by atoms with Crippen LogP contribution in [-0.2, 0) is 11.2 Å². The lowest BCUT2D eigenvalue weighted by atomic mass is 10.1. The Morgan fingerprint density at radius 3 is 2.45 bits per heavy atom. The molecule has 2 aromatic carbocycles. The topological polar surface area (TPSA) is 54.3 Å². The second-order valence-electron chi connectivity index (χ2n) is 7.62. The van der Waals surface area contributed by atoms with Crippen molar-refractivity contribution >= 4 is 23.2 Å². The molecular weight excluding hydrogens is 362 g/mol. The Balaban J connectivity index is 1.61. The van der Waals surface area contributed by atoms with Gasteiger partial charge >= 0.3 is 0 Å². The van der Waals surface area contributed by atoms with Gasteiger partial charge in [0.15, 0.2) is 0 Å². The third kappa shape index (κ3) is 3.33. The summed E-state index contributed by atoms with van der Waals surface area (Å²) in [6.45, 7) is 8.33. The standard InChI is InChI=1S/C24H25N3O2/c1-15-7-5-6-8-22(15)27-16(2)13-21(17(27)3)24(29)25-20-9-10-23-19(14-20)11-12-26(23)18(4)28/h5-10,13-14H,11-12H2,1-4H3,(H,25,29). The Kier molecular flexibility index (Phi) is 4.74. The Morgan fingerprint density at radius 1 is 0.966 bits per heavy atom. The molecule has 5 heteroatoms. The van der Waals surface area contributed by atoms with E-state index in [1.165, 1.54) is 0 Å². The van der Waals surface area contributed by atoms with Gasteiger partial charge in [0.1, 0.15) is 0 Å². The van der Waals surface area contributed by atoms with E-state index in [0.717, 1.165) is 46.0 Å². The van der Waals surface area contributed by atoms with Crippen LogP contribution >= 0.6 is 0 Å². The monoisotopic (exact) mass is 387 g/mol. The van der Waals surface area contributed by atoms with Crippen molar-refractivity contribution in [1.82, 2.24) is 4.57 Å². The predicted octanol–water partition coefficient (Wildman–Crippen LogP) is 4.56. The largest absolute Gasteiger partial charge is 0.322 e. The van der Waals surface area contributed by atoms with Crippen molar-refractivity contribution in [3.63, 3.8) is 0 Å². The second-order valence-corrected chi connectivity index (χ2v) is 7.62. The smallest absolute Gasteiger partial charge is 0.257 e. The molecule has 4 rings (SSSR count). The van der Waals surface area contributed by atoms with Gasteiger partial charge in [0.05, 0.1) is 5.56 Å². The maximum absolute atomic E-state index is 13.0. The van der Waals surface area contributed by atoms with Crippen LogP contribution in [0.4, 0.5) is 11.4 Å². The van der Waals surface area contributed by atoms with Gasteiger partial charge in [0.25, 0.3) is 5.91 Å². The summed E-state index contributed by atoms with van der Waals surface area (Å²) in [5.41, 5.74) is 7.62. The molecule has 1 aromatic heterocycles. The first-order valence-corrected chi connectivity index (χ1v) is 9.84. The zero-order valence-electron chi connectivity index (χ0n) is 17.2. The van der Waals surface area contributed by atoms with Crippen LogP contribution in [0.15, 0.2) is 48.5 Å². The van der Waals surface area contributed by atoms with E-state index in [1.54, 1.807) is 11.8 Å². The van der Waals surface area contributed by atoms with Crippen molar-refractivity contribution in [2.24, 2.45) is 0 Å². The fourth-order valence-electron chi connectivity index (χ4n) is 4.18. The highest BCUT2D eigenvalue weighted by atomic mass is 16.2. The highest BCUT2D eigenvalue weighted by molar-refractivity contribution is 6.06. The molecule has 0 atom stereocenters. The Morgan fingerprint density at radius 2 is 1.72 bits per heavy atom. The number of hydrogen-bond donors (Lipinski definition) is 1. The molecule has 0 radical (unpaired) electrons. The van der Waals surface area contributed by atoms with E-state index in [-0.39, 0.29) is 11.8 Å². The van der Waals surface area contributed by atoms with Crippen molar-refractivity contribution in [3.05, 3.63) is 76.6 Å². The van der Waals surface area contributed by atoms with Crippen LogP contribution in [0.3, 0.4) is 0 Å². The molecule has 1 N–H and O–H groups in total. The molecule has 0 unspecified atom stereocenters. The Bertz CT molecular complexity index is 1130. The average molecular weight is 387 g/mol. The van der Waals surface area contributed by atoms with Gasteiger partial charge in [-0.15, -0.1) is 0 Å². The van der Waals surface area contributed by atoms with Gasteiger partial charge < -0.3 is 14.8 Å². The SMILES string of the molecule is CC(=O)N1CCc2cc(NC(=O)c3cc(C)n(-c4ccccc4C)c3C)ccc21. The second kappa shape index (κ2) is 7.24. The average Bonchev–Trinajstić information content (AvgIpc) is 3.23. The molecule has 0 aliphatic carbocycles. The number of hydrogen-bond acceptors (Lipinski definition) is 2. The van der Waals surface area contributed by atoms with E-state index in [2.05, 4.69) is 28.9 Å². The summed E-state index contributed by atoms with van der Waals surface area (Å²) in [7, 11) is 0. The van der Waals surface area contributed by atoms with Crippen LogP contribution in [0, 0.1) is 20.8 Å². The highest BCUT2D eigenvalue weighted by Gasteiger charge is 2.23. The van der Waals surface area contributed by atoms with Gasteiger partial charge in [-0.3, -0.25) is 9.59 Å². The lowest BCUT2D eigenvalue weighted by molar-refractivity contribution is -0.116. The predicted molar refractivity (Wildman–Crippen MR) is 116 cm³/mol. The van der Waals surface area contributed by atoms with Gasteiger partial charge in [-0.25, -0.2) is 0 Å². The van der Waals surface area contributed by atoms with Gasteiger partial charge in [-0.1, -0.05) is 18.2 Å². The van der Waals surface area contributed by atoms with Crippen LogP contribution < -0.4 is 10.2 Å². The molecular formula is C24H25N3O2. The number of benzene rings is 2. The van der Waals surface area contributed by atoms with E-state index in [4.69, 9.17) is 0 Å². The van der Waals surface area contributed by atoms with Gasteiger partial charge in [-0.2, -0.15) is 0 Å². The number of aryl methyl sites for hydroxylation is 2. The van der Waals surface area contributed by atoms with Crippen molar-refractivity contribution in [1.29, 1.82) is 0 Å². The van der Waals surface area contributed by atoms with E-state index in [9.17, 15) is 9.59 Å². The molecule has 0 bridgehead atoms. The fourth-order valence-corrected chi connectivity index (χ4v) is 4.18. The fraction of sp³-hybridized carbons (Fsp3) is 0.250. The third-order valence-electron chi connectivity index (χ3n) is 5.65. The first-order valence-electron chi connectivity index (χ1n) is 9.84. The number of amides is 2. The van der Waals surface area contributed by atoms with Crippen LogP contribution in [-0.4, -0.2) is 22.9 Å². The number of para-hydroxylation sites is 1. The summed E-state index contributed by atoms with van der Waals surface area (Å²) < 4.78 is 2.12. The van der Waals surface area contributed by atoms with E-state index >= 15 is 0 Å². The van der Waals surface area contributed by atoms with Crippen molar-refractivity contribution < 1.29 is 9.59 Å². The molecule has 1 aliphatic rings. The van der Waals surface area contributed by atoms with Gasteiger partial charge in [0, 0.05) is 41.9 Å². The van der Waals surface area contributed by atoms with Gasteiger partial charge in [0.2, 0.25) is 5.91 Å². The molecule has 0 saturated heterocycles. The zero-order valence-corrected chi connectivity index (χ0v) is 17.2. The lowest BCUT2D eigenvalue weighted by Crippen LogP contribution is -2.25. The number of nitrogens with zero attached hydrogens (tertiary/aromatic N) is 2. The summed E-state index contributed by atoms with van der Waals surface area (Å²) in [5.74, 6) is -0.0801. The van der Waals surface area contributed by atoms with Crippen LogP contribution in [0.1, 0.15) is 39.8 Å². The first-order chi connectivity index (χ1) is 13.9. The normalized spacial score (nSPS) is 12.8. The summed E-state index contributed by atoms with van der Waals surface area (Å²) in [6.07, 6.45) is 0.806. The molecule has 0 fully saturated rings. The quantitative estimate of drug-likeness (QED) is 0.716. The van der Waals surface area contributed by atoms with Crippen molar-refractivity contribution in [2.45, 2.75) is 34.1 Å². The minimum absolute atomic E-state index is 0.0455. The minimum atomic E-state index is -0.126. The summed E-state index contributed by atoms with van der Waals surface area (Å²) in [5, 5.41) is 3.02. The number of aromatic nitrogens is 1.